The fourth-order valence-corrected chi connectivity index (χ4v) is 0. The molecule has 7 heavy (non-hydrogen) atoms. The molecule has 0 aromatic carbocycles. The first-order valence-electron chi connectivity index (χ1n) is 0. The fourth-order valence-electron chi connectivity index (χ4n) is 0. The van der Waals surface area contributed by atoms with E-state index in [4.69, 9.17) is 0 Å². The van der Waals surface area contributed by atoms with Crippen LogP contribution in [0.25, 0.3) is 0 Å². The zero-order valence-electron chi connectivity index (χ0n) is 3.39. The summed E-state index contributed by atoms with van der Waals surface area (Å²) in [5, 5.41) is 0. The SMILES string of the molecule is N.[OH-].[OH-].[OH-].[OH-].[OH-].[Ta+5]. The largest absolute Gasteiger partial charge is 5.00 e. The average molecular weight is 283 g/mol. The summed E-state index contributed by atoms with van der Waals surface area (Å²) < 4.78 is 0. The van der Waals surface area contributed by atoms with Crippen LogP contribution in [0.15, 0.2) is 0 Å². The van der Waals surface area contributed by atoms with E-state index in [0.717, 1.165) is 0 Å². The smallest absolute Gasteiger partial charge is 0.870 e. The van der Waals surface area contributed by atoms with E-state index in [2.05, 4.69) is 0 Å². The molecule has 0 amide bonds. The maximum atomic E-state index is 0. The second-order valence-corrected chi connectivity index (χ2v) is 0. The third kappa shape index (κ3) is 526. The second-order valence-electron chi connectivity index (χ2n) is 0. The van der Waals surface area contributed by atoms with Gasteiger partial charge in [-0.25, -0.2) is 0 Å². The van der Waals surface area contributed by atoms with Gasteiger partial charge in [-0.3, -0.25) is 0 Å². The minimum atomic E-state index is 0. The van der Waals surface area contributed by atoms with Gasteiger partial charge in [0.15, 0.2) is 0 Å². The van der Waals surface area contributed by atoms with Gasteiger partial charge >= 0.3 is 22.4 Å². The van der Waals surface area contributed by atoms with Crippen molar-refractivity contribution in [3.05, 3.63) is 0 Å². The fraction of sp³-hybridized carbons (Fsp3) is 0. The number of hydrogen-bond donors (Lipinski definition) is 1. The Morgan fingerprint density at radius 3 is 0.429 bits per heavy atom. The van der Waals surface area contributed by atoms with Gasteiger partial charge in [0.1, 0.15) is 0 Å². The Kier molecular flexibility index (Phi) is 142000. The number of rotatable bonds is 0. The van der Waals surface area contributed by atoms with E-state index in [-0.39, 0.29) is 55.9 Å². The summed E-state index contributed by atoms with van der Waals surface area (Å²) in [5.74, 6) is 0. The van der Waals surface area contributed by atoms with Gasteiger partial charge in [0.05, 0.1) is 0 Å². The van der Waals surface area contributed by atoms with Gasteiger partial charge in [0.2, 0.25) is 0 Å². The summed E-state index contributed by atoms with van der Waals surface area (Å²) in [6.45, 7) is 0. The Morgan fingerprint density at radius 1 is 0.429 bits per heavy atom. The predicted molar refractivity (Wildman–Crippen MR) is 14.7 cm³/mol. The Hall–Kier alpha value is 0.500. The maximum absolute atomic E-state index is 0. The van der Waals surface area contributed by atoms with E-state index in [0.29, 0.717) is 0 Å². The van der Waals surface area contributed by atoms with Gasteiger partial charge in [0, 0.05) is 0 Å². The monoisotopic (exact) mass is 283 g/mol. The van der Waals surface area contributed by atoms with Crippen LogP contribution in [0.4, 0.5) is 0 Å². The van der Waals surface area contributed by atoms with Gasteiger partial charge in [-0.1, -0.05) is 0 Å². The Morgan fingerprint density at radius 2 is 0.429 bits per heavy atom. The summed E-state index contributed by atoms with van der Waals surface area (Å²) in [5.41, 5.74) is 0. The predicted octanol–water partition coefficient (Wildman–Crippen LogP) is -0.724. The van der Waals surface area contributed by atoms with Crippen LogP contribution < -0.4 is 6.15 Å². The molecule has 0 bridgehead atoms. The molecule has 48 valence electrons. The third-order valence-corrected chi connectivity index (χ3v) is 0. The third-order valence-electron chi connectivity index (χ3n) is 0. The normalized spacial score (nSPS) is 0. The molecule has 8 N–H and O–H groups in total. The quantitative estimate of drug-likeness (QED) is 0.610. The first-order valence-corrected chi connectivity index (χ1v) is 0. The van der Waals surface area contributed by atoms with E-state index in [1.165, 1.54) is 0 Å². The van der Waals surface area contributed by atoms with Crippen LogP contribution in [-0.2, 0) is 22.4 Å². The maximum Gasteiger partial charge on any atom is 5.00 e. The van der Waals surface area contributed by atoms with Crippen molar-refractivity contribution in [3.63, 3.8) is 0 Å². The molecule has 0 unspecified atom stereocenters. The topological polar surface area (TPSA) is 185 Å². The molecule has 6 nitrogen and oxygen atoms in total. The van der Waals surface area contributed by atoms with Crippen molar-refractivity contribution >= 4 is 0 Å². The van der Waals surface area contributed by atoms with Crippen LogP contribution in [0.5, 0.6) is 0 Å². The van der Waals surface area contributed by atoms with Gasteiger partial charge < -0.3 is 33.5 Å². The van der Waals surface area contributed by atoms with Crippen LogP contribution in [-0.4, -0.2) is 27.4 Å². The van der Waals surface area contributed by atoms with Crippen molar-refractivity contribution in [1.29, 1.82) is 0 Å². The molecular formula is H8NO5Ta. The Bertz CT molecular complexity index is 8.04. The van der Waals surface area contributed by atoms with Crippen LogP contribution in [0.2, 0.25) is 0 Å². The molecule has 0 aliphatic heterocycles. The average Bonchev–Trinajstić information content (AvgIpc) is 0. The Labute approximate surface area is 56.5 Å². The second kappa shape index (κ2) is 786. The summed E-state index contributed by atoms with van der Waals surface area (Å²) in [6.07, 6.45) is 0. The molecular weight excluding hydrogens is 275 g/mol. The van der Waals surface area contributed by atoms with Crippen LogP contribution in [0.3, 0.4) is 0 Å². The van der Waals surface area contributed by atoms with E-state index < -0.39 is 0 Å². The summed E-state index contributed by atoms with van der Waals surface area (Å²) in [7, 11) is 0. The van der Waals surface area contributed by atoms with Crippen molar-refractivity contribution in [1.82, 2.24) is 6.15 Å². The molecule has 0 fully saturated rings. The Balaban J connectivity index is 0. The molecule has 7 heteroatoms. The molecule has 0 radical (unpaired) electrons. The zero-order chi connectivity index (χ0) is 0. The zero-order valence-corrected chi connectivity index (χ0v) is 6.60. The molecule has 0 aromatic heterocycles. The van der Waals surface area contributed by atoms with E-state index in [1.807, 2.05) is 0 Å². The van der Waals surface area contributed by atoms with Gasteiger partial charge in [-0.2, -0.15) is 0 Å². The van der Waals surface area contributed by atoms with Crippen molar-refractivity contribution in [2.24, 2.45) is 0 Å². The van der Waals surface area contributed by atoms with E-state index >= 15 is 0 Å². The van der Waals surface area contributed by atoms with Crippen LogP contribution in [0.1, 0.15) is 0 Å². The summed E-state index contributed by atoms with van der Waals surface area (Å²) in [6, 6.07) is 0. The number of hydrogen-bond acceptors (Lipinski definition) is 6. The molecule has 0 saturated heterocycles. The molecule has 0 spiro atoms. The van der Waals surface area contributed by atoms with Crippen LogP contribution in [0, 0.1) is 0 Å². The molecule has 0 saturated carbocycles. The molecule has 0 aromatic rings. The standard InChI is InChI=1S/H3N.5H2O.Ta/h1H3;5*1H2;/q;;;;;;+5/p-5. The molecule has 0 heterocycles. The summed E-state index contributed by atoms with van der Waals surface area (Å²) >= 11 is 0. The minimum Gasteiger partial charge on any atom is -0.870 e. The van der Waals surface area contributed by atoms with Gasteiger partial charge in [0.25, 0.3) is 0 Å². The molecule has 0 rings (SSSR count). The molecule has 0 atom stereocenters. The summed E-state index contributed by atoms with van der Waals surface area (Å²) in [4.78, 5) is 0. The van der Waals surface area contributed by atoms with E-state index in [9.17, 15) is 0 Å². The van der Waals surface area contributed by atoms with Crippen molar-refractivity contribution < 1.29 is 49.8 Å². The van der Waals surface area contributed by atoms with Gasteiger partial charge in [-0.05, 0) is 0 Å². The molecule has 0 aliphatic carbocycles. The van der Waals surface area contributed by atoms with Crippen molar-refractivity contribution in [2.75, 3.05) is 0 Å². The molecule has 0 aliphatic rings. The van der Waals surface area contributed by atoms with Crippen molar-refractivity contribution in [3.8, 4) is 0 Å². The van der Waals surface area contributed by atoms with Crippen LogP contribution >= 0.6 is 0 Å². The van der Waals surface area contributed by atoms with Gasteiger partial charge in [-0.15, -0.1) is 0 Å². The first-order chi connectivity index (χ1) is 0. The minimum absolute atomic E-state index is 0. The van der Waals surface area contributed by atoms with E-state index in [1.54, 1.807) is 0 Å². The first kappa shape index (κ1) is 1270. The van der Waals surface area contributed by atoms with Crippen molar-refractivity contribution in [2.45, 2.75) is 0 Å².